The van der Waals surface area contributed by atoms with Crippen molar-refractivity contribution in [2.75, 3.05) is 32.0 Å². The molecule has 2 N–H and O–H groups in total. The predicted molar refractivity (Wildman–Crippen MR) is 110 cm³/mol. The van der Waals surface area contributed by atoms with E-state index in [-0.39, 0.29) is 6.04 Å². The summed E-state index contributed by atoms with van der Waals surface area (Å²) in [7, 11) is 0. The van der Waals surface area contributed by atoms with Crippen LogP contribution >= 0.6 is 0 Å². The van der Waals surface area contributed by atoms with Gasteiger partial charge in [0.25, 0.3) is 0 Å². The molecule has 1 unspecified atom stereocenters. The van der Waals surface area contributed by atoms with E-state index in [0.717, 1.165) is 44.5 Å². The molecule has 0 aromatic carbocycles. The zero-order chi connectivity index (χ0) is 21.9. The third kappa shape index (κ3) is 3.63. The molecule has 3 atom stereocenters. The largest absolute Gasteiger partial charge is 0.419 e. The molecule has 9 heteroatoms. The number of nitrogens with two attached hydrogens (primary N) is 1. The molecule has 2 fully saturated rings. The molecule has 0 amide bonds. The highest BCUT2D eigenvalue weighted by Crippen LogP contribution is 2.60. The van der Waals surface area contributed by atoms with Gasteiger partial charge in [-0.25, -0.2) is 4.98 Å². The number of hydrogen-bond acceptors (Lipinski definition) is 5. The zero-order valence-corrected chi connectivity index (χ0v) is 17.6. The van der Waals surface area contributed by atoms with Crippen LogP contribution < -0.4 is 5.73 Å². The average molecular weight is 433 g/mol. The topological polar surface area (TPSA) is 69.2 Å². The van der Waals surface area contributed by atoms with Gasteiger partial charge in [-0.2, -0.15) is 18.3 Å². The number of hydrogen-bond donors (Lipinski definition) is 1. The van der Waals surface area contributed by atoms with E-state index >= 15 is 0 Å². The van der Waals surface area contributed by atoms with Crippen molar-refractivity contribution in [3.8, 4) is 11.3 Å². The molecule has 1 aliphatic heterocycles. The Balaban J connectivity index is 1.43. The summed E-state index contributed by atoms with van der Waals surface area (Å²) in [6.45, 7) is 7.56. The van der Waals surface area contributed by atoms with Gasteiger partial charge in [0.1, 0.15) is 5.82 Å². The standard InChI is InChI=1S/C22H26F3N5O/c1-12(2)30-19(20-15-8-14(9-16(15)20)29-3-5-31-6-4-29)10-18(28-30)13-7-17(22(23,24)25)21(26)27-11-13/h7-8,10-12,14,16,20H,3-6,9H2,1-2H3,(H2,26,27)/t14?,16-,20-/m1/s1. The number of nitrogen functional groups attached to an aromatic ring is 1. The van der Waals surface area contributed by atoms with Crippen LogP contribution in [-0.2, 0) is 10.9 Å². The molecular formula is C22H26F3N5O. The molecule has 3 aliphatic rings. The van der Waals surface area contributed by atoms with Gasteiger partial charge in [0.05, 0.1) is 24.5 Å². The van der Waals surface area contributed by atoms with Crippen LogP contribution in [0.5, 0.6) is 0 Å². The molecule has 1 saturated heterocycles. The van der Waals surface area contributed by atoms with Gasteiger partial charge in [-0.05, 0) is 38.3 Å². The van der Waals surface area contributed by atoms with Gasteiger partial charge >= 0.3 is 6.18 Å². The number of fused-ring (bicyclic) bond motifs is 1. The summed E-state index contributed by atoms with van der Waals surface area (Å²) in [5.74, 6) is 0.269. The minimum absolute atomic E-state index is 0.101. The average Bonchev–Trinajstić information content (AvgIpc) is 3.09. The minimum Gasteiger partial charge on any atom is -0.383 e. The van der Waals surface area contributed by atoms with E-state index in [9.17, 15) is 13.2 Å². The lowest BCUT2D eigenvalue weighted by Crippen LogP contribution is -2.42. The van der Waals surface area contributed by atoms with Crippen LogP contribution in [0.4, 0.5) is 19.0 Å². The van der Waals surface area contributed by atoms with Gasteiger partial charge in [-0.15, -0.1) is 0 Å². The molecule has 0 spiro atoms. The van der Waals surface area contributed by atoms with Gasteiger partial charge in [-0.3, -0.25) is 9.58 Å². The summed E-state index contributed by atoms with van der Waals surface area (Å²) < 4.78 is 47.2. The Hall–Kier alpha value is -2.39. The molecule has 166 valence electrons. The number of alkyl halides is 3. The molecule has 0 radical (unpaired) electrons. The Bertz CT molecular complexity index is 1020. The monoisotopic (exact) mass is 433 g/mol. The van der Waals surface area contributed by atoms with Crippen molar-refractivity contribution in [1.29, 1.82) is 0 Å². The van der Waals surface area contributed by atoms with Crippen LogP contribution in [0.15, 0.2) is 30.0 Å². The number of morpholine rings is 1. The van der Waals surface area contributed by atoms with Crippen LogP contribution in [0.3, 0.4) is 0 Å². The SMILES string of the molecule is CC(C)n1nc(-c2cnc(N)c(C(F)(F)F)c2)cc1[C@@H]1C2=CC(N3CCOCC3)C[C@H]21. The normalized spacial score (nSPS) is 26.3. The first-order chi connectivity index (χ1) is 14.7. The van der Waals surface area contributed by atoms with Crippen LogP contribution in [0.1, 0.15) is 43.5 Å². The molecule has 6 nitrogen and oxygen atoms in total. The van der Waals surface area contributed by atoms with Gasteiger partial charge < -0.3 is 10.5 Å². The molecule has 2 aromatic heterocycles. The third-order valence-electron chi connectivity index (χ3n) is 6.57. The molecule has 5 rings (SSSR count). The zero-order valence-electron chi connectivity index (χ0n) is 17.6. The van der Waals surface area contributed by atoms with Crippen LogP contribution in [0.25, 0.3) is 11.3 Å². The highest BCUT2D eigenvalue weighted by Gasteiger charge is 2.52. The first-order valence-electron chi connectivity index (χ1n) is 10.7. The molecule has 3 heterocycles. The van der Waals surface area contributed by atoms with E-state index in [2.05, 4.69) is 21.1 Å². The van der Waals surface area contributed by atoms with Crippen molar-refractivity contribution in [2.24, 2.45) is 5.92 Å². The second-order valence-corrected chi connectivity index (χ2v) is 8.85. The minimum atomic E-state index is -4.55. The molecule has 0 bridgehead atoms. The van der Waals surface area contributed by atoms with Crippen molar-refractivity contribution in [3.05, 3.63) is 41.2 Å². The maximum absolute atomic E-state index is 13.3. The summed E-state index contributed by atoms with van der Waals surface area (Å²) in [6.07, 6.45) is 0.275. The highest BCUT2D eigenvalue weighted by atomic mass is 19.4. The Morgan fingerprint density at radius 2 is 1.94 bits per heavy atom. The summed E-state index contributed by atoms with van der Waals surface area (Å²) in [6, 6.07) is 3.52. The highest BCUT2D eigenvalue weighted by molar-refractivity contribution is 5.64. The quantitative estimate of drug-likeness (QED) is 0.742. The second kappa shape index (κ2) is 7.34. The van der Waals surface area contributed by atoms with Crippen molar-refractivity contribution >= 4 is 5.82 Å². The predicted octanol–water partition coefficient (Wildman–Crippen LogP) is 3.87. The number of anilines is 1. The van der Waals surface area contributed by atoms with Crippen LogP contribution in [-0.4, -0.2) is 52.0 Å². The number of halogens is 3. The lowest BCUT2D eigenvalue weighted by molar-refractivity contribution is -0.137. The van der Waals surface area contributed by atoms with Gasteiger partial charge in [0.15, 0.2) is 0 Å². The fourth-order valence-electron chi connectivity index (χ4n) is 4.97. The molecule has 31 heavy (non-hydrogen) atoms. The van der Waals surface area contributed by atoms with E-state index in [1.165, 1.54) is 11.8 Å². The Morgan fingerprint density at radius 3 is 2.55 bits per heavy atom. The van der Waals surface area contributed by atoms with Crippen molar-refractivity contribution in [1.82, 2.24) is 19.7 Å². The van der Waals surface area contributed by atoms with Crippen LogP contribution in [0.2, 0.25) is 0 Å². The third-order valence-corrected chi connectivity index (χ3v) is 6.57. The molecule has 2 aromatic rings. The smallest absolute Gasteiger partial charge is 0.383 e. The van der Waals surface area contributed by atoms with Crippen molar-refractivity contribution in [3.63, 3.8) is 0 Å². The maximum atomic E-state index is 13.3. The number of ether oxygens (including phenoxy) is 1. The maximum Gasteiger partial charge on any atom is 0.419 e. The number of aromatic nitrogens is 3. The Kier molecular flexibility index (Phi) is 4.86. The Labute approximate surface area is 178 Å². The first kappa shape index (κ1) is 20.5. The number of nitrogens with zero attached hydrogens (tertiary/aromatic N) is 4. The van der Waals surface area contributed by atoms with E-state index < -0.39 is 17.6 Å². The van der Waals surface area contributed by atoms with E-state index in [4.69, 9.17) is 10.5 Å². The molecular weight excluding hydrogens is 407 g/mol. The van der Waals surface area contributed by atoms with Gasteiger partial charge in [0, 0.05) is 48.5 Å². The molecule has 2 aliphatic carbocycles. The van der Waals surface area contributed by atoms with E-state index in [1.807, 2.05) is 24.6 Å². The lowest BCUT2D eigenvalue weighted by atomic mass is 10.0. The van der Waals surface area contributed by atoms with Gasteiger partial charge in [-0.1, -0.05) is 11.6 Å². The fourth-order valence-corrected chi connectivity index (χ4v) is 4.97. The fraction of sp³-hybridized carbons (Fsp3) is 0.545. The number of pyridine rings is 1. The number of rotatable bonds is 4. The first-order valence-corrected chi connectivity index (χ1v) is 10.7. The Morgan fingerprint density at radius 1 is 1.19 bits per heavy atom. The summed E-state index contributed by atoms with van der Waals surface area (Å²) >= 11 is 0. The molecule has 1 saturated carbocycles. The second-order valence-electron chi connectivity index (χ2n) is 8.85. The summed E-state index contributed by atoms with van der Waals surface area (Å²) in [4.78, 5) is 6.24. The van der Waals surface area contributed by atoms with Gasteiger partial charge in [0.2, 0.25) is 0 Å². The number of allylic oxidation sites excluding steroid dienone is 1. The van der Waals surface area contributed by atoms with E-state index in [0.29, 0.717) is 29.1 Å². The summed E-state index contributed by atoms with van der Waals surface area (Å²) in [5.41, 5.74) is 7.84. The lowest BCUT2D eigenvalue weighted by Gasteiger charge is -2.32. The van der Waals surface area contributed by atoms with E-state index in [1.54, 1.807) is 0 Å². The van der Waals surface area contributed by atoms with Crippen molar-refractivity contribution < 1.29 is 17.9 Å². The van der Waals surface area contributed by atoms with Crippen molar-refractivity contribution in [2.45, 2.75) is 44.4 Å². The summed E-state index contributed by atoms with van der Waals surface area (Å²) in [5, 5.41) is 4.64. The van der Waals surface area contributed by atoms with Crippen LogP contribution in [0, 0.1) is 5.92 Å².